The molecule has 4 heteroatoms. The summed E-state index contributed by atoms with van der Waals surface area (Å²) >= 11 is 3.41. The summed E-state index contributed by atoms with van der Waals surface area (Å²) in [6.07, 6.45) is 4.48. The highest BCUT2D eigenvalue weighted by Gasteiger charge is 2.13. The molecule has 1 aromatic heterocycles. The van der Waals surface area contributed by atoms with Gasteiger partial charge in [0.2, 0.25) is 0 Å². The summed E-state index contributed by atoms with van der Waals surface area (Å²) in [6, 6.07) is 7.07. The van der Waals surface area contributed by atoms with E-state index in [1.807, 2.05) is 32.4 Å². The topological polar surface area (TPSA) is 24.9 Å². The van der Waals surface area contributed by atoms with Crippen LogP contribution >= 0.6 is 15.9 Å². The maximum atomic E-state index is 13.1. The number of rotatable bonds is 4. The first-order chi connectivity index (χ1) is 9.10. The van der Waals surface area contributed by atoms with Crippen molar-refractivity contribution in [2.24, 2.45) is 0 Å². The molecule has 0 aliphatic heterocycles. The van der Waals surface area contributed by atoms with Crippen molar-refractivity contribution in [2.75, 3.05) is 7.05 Å². The van der Waals surface area contributed by atoms with Crippen LogP contribution in [0.1, 0.15) is 22.7 Å². The van der Waals surface area contributed by atoms with Gasteiger partial charge in [0.25, 0.3) is 0 Å². The molecule has 0 spiro atoms. The summed E-state index contributed by atoms with van der Waals surface area (Å²) in [5, 5.41) is 3.28. The van der Waals surface area contributed by atoms with Crippen molar-refractivity contribution in [3.63, 3.8) is 0 Å². The summed E-state index contributed by atoms with van der Waals surface area (Å²) < 4.78 is 13.9. The number of aromatic nitrogens is 1. The summed E-state index contributed by atoms with van der Waals surface area (Å²) in [4.78, 5) is 4.22. The summed E-state index contributed by atoms with van der Waals surface area (Å²) in [6.45, 7) is 2.02. The monoisotopic (exact) mass is 322 g/mol. The van der Waals surface area contributed by atoms with Crippen LogP contribution < -0.4 is 5.32 Å². The van der Waals surface area contributed by atoms with Crippen molar-refractivity contribution in [3.8, 4) is 0 Å². The second kappa shape index (κ2) is 6.26. The number of likely N-dealkylation sites (N-methyl/N-ethyl adjacent to an activating group) is 1. The van der Waals surface area contributed by atoms with Crippen LogP contribution in [0.4, 0.5) is 4.39 Å². The molecular weight excluding hydrogens is 307 g/mol. The number of halogens is 2. The van der Waals surface area contributed by atoms with Crippen LogP contribution in [0, 0.1) is 12.7 Å². The normalized spacial score (nSPS) is 12.4. The zero-order valence-corrected chi connectivity index (χ0v) is 12.5. The van der Waals surface area contributed by atoms with E-state index in [9.17, 15) is 4.39 Å². The van der Waals surface area contributed by atoms with Crippen molar-refractivity contribution >= 4 is 15.9 Å². The lowest BCUT2D eigenvalue weighted by Crippen LogP contribution is -2.19. The molecule has 2 aromatic rings. The molecule has 0 fully saturated rings. The van der Waals surface area contributed by atoms with Gasteiger partial charge in [-0.05, 0) is 49.2 Å². The molecule has 0 aliphatic carbocycles. The number of nitrogens with zero attached hydrogens (tertiary/aromatic N) is 1. The van der Waals surface area contributed by atoms with Gasteiger partial charge in [-0.25, -0.2) is 4.39 Å². The van der Waals surface area contributed by atoms with Crippen LogP contribution in [0.2, 0.25) is 0 Å². The summed E-state index contributed by atoms with van der Waals surface area (Å²) in [7, 11) is 1.92. The Labute approximate surface area is 121 Å². The Balaban J connectivity index is 2.24. The number of aryl methyl sites for hydroxylation is 1. The third-order valence-electron chi connectivity index (χ3n) is 3.09. The molecule has 1 N–H and O–H groups in total. The van der Waals surface area contributed by atoms with E-state index in [0.29, 0.717) is 0 Å². The van der Waals surface area contributed by atoms with Gasteiger partial charge in [-0.2, -0.15) is 0 Å². The van der Waals surface area contributed by atoms with Gasteiger partial charge >= 0.3 is 0 Å². The van der Waals surface area contributed by atoms with E-state index in [1.165, 1.54) is 12.1 Å². The van der Waals surface area contributed by atoms with Gasteiger partial charge in [-0.1, -0.05) is 28.1 Å². The quantitative estimate of drug-likeness (QED) is 0.926. The van der Waals surface area contributed by atoms with Gasteiger partial charge in [0.05, 0.1) is 0 Å². The molecule has 2 nitrogen and oxygen atoms in total. The Morgan fingerprint density at radius 3 is 2.74 bits per heavy atom. The molecule has 100 valence electrons. The van der Waals surface area contributed by atoms with Crippen molar-refractivity contribution in [1.82, 2.24) is 10.3 Å². The SMILES string of the molecule is CNC(Cc1ccc(F)cc1Br)c1cncc(C)c1. The van der Waals surface area contributed by atoms with E-state index in [-0.39, 0.29) is 11.9 Å². The number of benzene rings is 1. The second-order valence-corrected chi connectivity index (χ2v) is 5.43. The lowest BCUT2D eigenvalue weighted by molar-refractivity contribution is 0.585. The number of pyridine rings is 1. The summed E-state index contributed by atoms with van der Waals surface area (Å²) in [5.74, 6) is -0.228. The number of hydrogen-bond acceptors (Lipinski definition) is 2. The van der Waals surface area contributed by atoms with E-state index < -0.39 is 0 Å². The Bertz CT molecular complexity index is 572. The third kappa shape index (κ3) is 3.61. The molecule has 0 amide bonds. The highest BCUT2D eigenvalue weighted by Crippen LogP contribution is 2.24. The van der Waals surface area contributed by atoms with Crippen molar-refractivity contribution in [2.45, 2.75) is 19.4 Å². The predicted octanol–water partition coefficient (Wildman–Crippen LogP) is 3.79. The van der Waals surface area contributed by atoms with Gasteiger partial charge in [0, 0.05) is 22.9 Å². The van der Waals surface area contributed by atoms with Gasteiger partial charge in [-0.3, -0.25) is 4.98 Å². The predicted molar refractivity (Wildman–Crippen MR) is 78.6 cm³/mol. The Morgan fingerprint density at radius 1 is 1.32 bits per heavy atom. The average molecular weight is 323 g/mol. The van der Waals surface area contributed by atoms with E-state index in [0.717, 1.165) is 27.6 Å². The fraction of sp³-hybridized carbons (Fsp3) is 0.267. The highest BCUT2D eigenvalue weighted by atomic mass is 79.9. The molecule has 2 rings (SSSR count). The van der Waals surface area contributed by atoms with Crippen molar-refractivity contribution in [3.05, 3.63) is 63.6 Å². The maximum absolute atomic E-state index is 13.1. The van der Waals surface area contributed by atoms with Crippen LogP contribution in [-0.2, 0) is 6.42 Å². The molecule has 1 atom stereocenters. The van der Waals surface area contributed by atoms with Crippen LogP contribution in [0.3, 0.4) is 0 Å². The van der Waals surface area contributed by atoms with Crippen LogP contribution in [0.15, 0.2) is 41.1 Å². The van der Waals surface area contributed by atoms with Gasteiger partial charge in [0.1, 0.15) is 5.82 Å². The molecule has 1 aromatic carbocycles. The molecule has 0 saturated carbocycles. The van der Waals surface area contributed by atoms with Crippen molar-refractivity contribution < 1.29 is 4.39 Å². The van der Waals surface area contributed by atoms with Gasteiger partial charge in [-0.15, -0.1) is 0 Å². The largest absolute Gasteiger partial charge is 0.313 e. The minimum Gasteiger partial charge on any atom is -0.313 e. The standard InChI is InChI=1S/C15H16BrFN2/c1-10-5-12(9-19-8-10)15(18-2)6-11-3-4-13(17)7-14(11)16/h3-5,7-9,15,18H,6H2,1-2H3. The van der Waals surface area contributed by atoms with Crippen LogP contribution in [0.5, 0.6) is 0 Å². The van der Waals surface area contributed by atoms with E-state index >= 15 is 0 Å². The van der Waals surface area contributed by atoms with Gasteiger partial charge < -0.3 is 5.32 Å². The minimum atomic E-state index is -0.228. The van der Waals surface area contributed by atoms with E-state index in [4.69, 9.17) is 0 Å². The zero-order valence-electron chi connectivity index (χ0n) is 11.0. The molecular formula is C15H16BrFN2. The minimum absolute atomic E-state index is 0.161. The maximum Gasteiger partial charge on any atom is 0.124 e. The van der Waals surface area contributed by atoms with Crippen LogP contribution in [0.25, 0.3) is 0 Å². The first-order valence-corrected chi connectivity index (χ1v) is 6.92. The van der Waals surface area contributed by atoms with E-state index in [1.54, 1.807) is 0 Å². The highest BCUT2D eigenvalue weighted by molar-refractivity contribution is 9.10. The first kappa shape index (κ1) is 14.2. The second-order valence-electron chi connectivity index (χ2n) is 4.58. The summed E-state index contributed by atoms with van der Waals surface area (Å²) in [5.41, 5.74) is 3.34. The average Bonchev–Trinajstić information content (AvgIpc) is 2.38. The molecule has 1 unspecified atom stereocenters. The third-order valence-corrected chi connectivity index (χ3v) is 3.82. The lowest BCUT2D eigenvalue weighted by Gasteiger charge is -2.17. The number of nitrogens with one attached hydrogen (secondary N) is 1. The first-order valence-electron chi connectivity index (χ1n) is 6.13. The van der Waals surface area contributed by atoms with Gasteiger partial charge in [0.15, 0.2) is 0 Å². The molecule has 0 radical (unpaired) electrons. The molecule has 0 aliphatic rings. The smallest absolute Gasteiger partial charge is 0.124 e. The fourth-order valence-corrected chi connectivity index (χ4v) is 2.58. The fourth-order valence-electron chi connectivity index (χ4n) is 2.06. The van der Waals surface area contributed by atoms with Crippen LogP contribution in [-0.4, -0.2) is 12.0 Å². The van der Waals surface area contributed by atoms with E-state index in [2.05, 4.69) is 32.3 Å². The lowest BCUT2D eigenvalue weighted by atomic mass is 9.99. The number of hydrogen-bond donors (Lipinski definition) is 1. The molecule has 0 saturated heterocycles. The Morgan fingerprint density at radius 2 is 2.11 bits per heavy atom. The Hall–Kier alpha value is -1.26. The zero-order chi connectivity index (χ0) is 13.8. The molecule has 0 bridgehead atoms. The molecule has 19 heavy (non-hydrogen) atoms. The van der Waals surface area contributed by atoms with Crippen molar-refractivity contribution in [1.29, 1.82) is 0 Å². The molecule has 1 heterocycles. The Kier molecular flexibility index (Phi) is 4.66.